The van der Waals surface area contributed by atoms with Crippen LogP contribution < -0.4 is 10.1 Å². The van der Waals surface area contributed by atoms with Crippen LogP contribution in [0.15, 0.2) is 108 Å². The van der Waals surface area contributed by atoms with Crippen LogP contribution in [0.2, 0.25) is 5.02 Å². The van der Waals surface area contributed by atoms with Crippen molar-refractivity contribution in [3.8, 4) is 16.9 Å². The molecule has 0 spiro atoms. The highest BCUT2D eigenvalue weighted by Gasteiger charge is 2.24. The summed E-state index contributed by atoms with van der Waals surface area (Å²) >= 11 is 6.00. The molecule has 1 amide bonds. The molecule has 0 radical (unpaired) electrons. The minimum atomic E-state index is -0.892. The number of furan rings is 1. The average Bonchev–Trinajstić information content (AvgIpc) is 3.41. The Hall–Kier alpha value is -4.55. The first-order chi connectivity index (χ1) is 19.0. The smallest absolute Gasteiger partial charge is 0.328 e. The van der Waals surface area contributed by atoms with Crippen LogP contribution in [0, 0.1) is 0 Å². The Balaban J connectivity index is 1.26. The lowest BCUT2D eigenvalue weighted by Gasteiger charge is -2.16. The third kappa shape index (κ3) is 6.48. The lowest BCUT2D eigenvalue weighted by molar-refractivity contribution is -0.142. The topological polar surface area (TPSA) is 77.8 Å². The van der Waals surface area contributed by atoms with Crippen LogP contribution >= 0.6 is 11.6 Å². The quantitative estimate of drug-likeness (QED) is 0.207. The van der Waals surface area contributed by atoms with E-state index < -0.39 is 17.9 Å². The Kier molecular flexibility index (Phi) is 7.94. The first-order valence-electron chi connectivity index (χ1n) is 12.4. The van der Waals surface area contributed by atoms with Crippen molar-refractivity contribution in [3.05, 3.63) is 125 Å². The highest BCUT2D eigenvalue weighted by atomic mass is 35.5. The van der Waals surface area contributed by atoms with Gasteiger partial charge in [-0.1, -0.05) is 78.3 Å². The summed E-state index contributed by atoms with van der Waals surface area (Å²) in [4.78, 5) is 25.6. The zero-order valence-corrected chi connectivity index (χ0v) is 22.0. The lowest BCUT2D eigenvalue weighted by Crippen LogP contribution is -2.42. The highest BCUT2D eigenvalue weighted by Crippen LogP contribution is 2.28. The Bertz CT molecular complexity index is 1580. The minimum absolute atomic E-state index is 0.108. The molecular formula is C32H26ClNO5. The fourth-order valence-electron chi connectivity index (χ4n) is 4.23. The van der Waals surface area contributed by atoms with Gasteiger partial charge in [0.2, 0.25) is 0 Å². The van der Waals surface area contributed by atoms with Gasteiger partial charge in [0, 0.05) is 16.8 Å². The number of methoxy groups -OCH3 is 1. The summed E-state index contributed by atoms with van der Waals surface area (Å²) in [7, 11) is 1.29. The molecule has 39 heavy (non-hydrogen) atoms. The van der Waals surface area contributed by atoms with Crippen LogP contribution in [0.3, 0.4) is 0 Å². The fourth-order valence-corrected chi connectivity index (χ4v) is 4.35. The average molecular weight is 540 g/mol. The second-order valence-electron chi connectivity index (χ2n) is 9.04. The van der Waals surface area contributed by atoms with Crippen molar-refractivity contribution >= 4 is 34.4 Å². The van der Waals surface area contributed by atoms with Crippen LogP contribution in [0.25, 0.3) is 22.1 Å². The highest BCUT2D eigenvalue weighted by molar-refractivity contribution is 6.30. The molecule has 0 unspecified atom stereocenters. The van der Waals surface area contributed by atoms with Gasteiger partial charge in [0.25, 0.3) is 5.91 Å². The van der Waals surface area contributed by atoms with Gasteiger partial charge in [0.1, 0.15) is 24.0 Å². The second-order valence-corrected chi connectivity index (χ2v) is 9.48. The van der Waals surface area contributed by atoms with E-state index in [0.717, 1.165) is 27.6 Å². The molecule has 7 heteroatoms. The third-order valence-corrected chi connectivity index (χ3v) is 6.58. The van der Waals surface area contributed by atoms with E-state index in [1.165, 1.54) is 7.11 Å². The molecule has 1 heterocycles. The number of benzene rings is 4. The minimum Gasteiger partial charge on any atom is -0.489 e. The zero-order chi connectivity index (χ0) is 27.2. The van der Waals surface area contributed by atoms with Crippen LogP contribution in [-0.2, 0) is 22.6 Å². The predicted molar refractivity (Wildman–Crippen MR) is 151 cm³/mol. The zero-order valence-electron chi connectivity index (χ0n) is 21.2. The number of fused-ring (bicyclic) bond motifs is 1. The molecule has 1 N–H and O–H groups in total. The summed E-state index contributed by atoms with van der Waals surface area (Å²) in [6, 6.07) is 31.2. The van der Waals surface area contributed by atoms with Crippen molar-refractivity contribution in [1.29, 1.82) is 0 Å². The molecule has 1 aromatic heterocycles. The number of hydrogen-bond acceptors (Lipinski definition) is 5. The van der Waals surface area contributed by atoms with Crippen molar-refractivity contribution in [1.82, 2.24) is 5.32 Å². The molecule has 4 aromatic carbocycles. The monoisotopic (exact) mass is 539 g/mol. The van der Waals surface area contributed by atoms with Gasteiger partial charge in [-0.15, -0.1) is 0 Å². The number of carbonyl (C=O) groups excluding carboxylic acids is 2. The van der Waals surface area contributed by atoms with Crippen molar-refractivity contribution in [2.75, 3.05) is 7.11 Å². The van der Waals surface area contributed by atoms with E-state index in [9.17, 15) is 9.59 Å². The standard InChI is InChI=1S/C32H26ClNO5/c1-37-32(36)28(17-21-7-15-27(16-8-21)38-20-22-5-3-2-4-6-22)34-31(35)30-19-25-10-9-24(18-29(25)39-30)23-11-13-26(33)14-12-23/h2-16,18-19,28H,17,20H2,1H3,(H,34,35)/t28-/m0/s1. The molecule has 0 saturated heterocycles. The van der Waals surface area contributed by atoms with Crippen LogP contribution in [0.1, 0.15) is 21.7 Å². The van der Waals surface area contributed by atoms with Gasteiger partial charge in [-0.2, -0.15) is 0 Å². The van der Waals surface area contributed by atoms with E-state index >= 15 is 0 Å². The fraction of sp³-hybridized carbons (Fsp3) is 0.125. The Morgan fingerprint density at radius 2 is 1.56 bits per heavy atom. The first-order valence-corrected chi connectivity index (χ1v) is 12.8. The van der Waals surface area contributed by atoms with E-state index in [4.69, 9.17) is 25.5 Å². The number of esters is 1. The van der Waals surface area contributed by atoms with Crippen molar-refractivity contribution < 1.29 is 23.5 Å². The number of nitrogens with one attached hydrogen (secondary N) is 1. The lowest BCUT2D eigenvalue weighted by atomic mass is 10.0. The number of halogens is 1. The van der Waals surface area contributed by atoms with Crippen LogP contribution in [0.4, 0.5) is 0 Å². The van der Waals surface area contributed by atoms with Crippen molar-refractivity contribution in [2.24, 2.45) is 0 Å². The van der Waals surface area contributed by atoms with Gasteiger partial charge >= 0.3 is 5.97 Å². The largest absolute Gasteiger partial charge is 0.489 e. The van der Waals surface area contributed by atoms with Crippen LogP contribution in [-0.4, -0.2) is 25.0 Å². The molecule has 0 aliphatic rings. The maximum absolute atomic E-state index is 13.1. The van der Waals surface area contributed by atoms with Gasteiger partial charge in [-0.3, -0.25) is 4.79 Å². The normalized spacial score (nSPS) is 11.6. The number of rotatable bonds is 9. The molecule has 0 bridgehead atoms. The summed E-state index contributed by atoms with van der Waals surface area (Å²) < 4.78 is 16.6. The van der Waals surface area contributed by atoms with Gasteiger partial charge in [0.15, 0.2) is 5.76 Å². The Morgan fingerprint density at radius 3 is 2.28 bits per heavy atom. The number of ether oxygens (including phenoxy) is 2. The molecule has 5 rings (SSSR count). The summed E-state index contributed by atoms with van der Waals surface area (Å²) in [6.07, 6.45) is 0.248. The van der Waals surface area contributed by atoms with Crippen LogP contribution in [0.5, 0.6) is 5.75 Å². The number of hydrogen-bond donors (Lipinski definition) is 1. The summed E-state index contributed by atoms with van der Waals surface area (Å²) in [5, 5.41) is 4.19. The Labute approximate surface area is 231 Å². The maximum atomic E-state index is 13.1. The molecule has 0 saturated carbocycles. The molecule has 6 nitrogen and oxygen atoms in total. The van der Waals surface area contributed by atoms with Gasteiger partial charge in [0.05, 0.1) is 7.11 Å². The Morgan fingerprint density at radius 1 is 0.846 bits per heavy atom. The van der Waals surface area contributed by atoms with Gasteiger partial charge in [-0.25, -0.2) is 4.79 Å². The molecule has 0 aliphatic carbocycles. The van der Waals surface area contributed by atoms with E-state index in [0.29, 0.717) is 23.0 Å². The molecule has 1 atom stereocenters. The molecule has 5 aromatic rings. The third-order valence-electron chi connectivity index (χ3n) is 6.32. The molecule has 196 valence electrons. The van der Waals surface area contributed by atoms with Crippen molar-refractivity contribution in [3.63, 3.8) is 0 Å². The molecule has 0 aliphatic heterocycles. The van der Waals surface area contributed by atoms with E-state index in [1.807, 2.05) is 97.1 Å². The first kappa shape index (κ1) is 26.1. The van der Waals surface area contributed by atoms with Crippen molar-refractivity contribution in [2.45, 2.75) is 19.1 Å². The number of carbonyl (C=O) groups is 2. The van der Waals surface area contributed by atoms with E-state index in [2.05, 4.69) is 5.32 Å². The van der Waals surface area contributed by atoms with Gasteiger partial charge < -0.3 is 19.2 Å². The summed E-state index contributed by atoms with van der Waals surface area (Å²) in [5.74, 6) is -0.232. The van der Waals surface area contributed by atoms with E-state index in [-0.39, 0.29) is 12.2 Å². The molecular weight excluding hydrogens is 514 g/mol. The SMILES string of the molecule is COC(=O)[C@H](Cc1ccc(OCc2ccccc2)cc1)NC(=O)c1cc2ccc(-c3ccc(Cl)cc3)cc2o1. The van der Waals surface area contributed by atoms with E-state index in [1.54, 1.807) is 6.07 Å². The second kappa shape index (κ2) is 11.9. The molecule has 0 fully saturated rings. The summed E-state index contributed by atoms with van der Waals surface area (Å²) in [6.45, 7) is 0.458. The maximum Gasteiger partial charge on any atom is 0.328 e. The summed E-state index contributed by atoms with van der Waals surface area (Å²) in [5.41, 5.74) is 4.39. The van der Waals surface area contributed by atoms with Gasteiger partial charge in [-0.05, 0) is 58.7 Å². The number of amides is 1. The predicted octanol–water partition coefficient (Wildman–Crippen LogP) is 6.85.